The molecule has 2 atom stereocenters. The van der Waals surface area contributed by atoms with Gasteiger partial charge in [-0.05, 0) is 24.1 Å². The van der Waals surface area contributed by atoms with Crippen LogP contribution in [-0.4, -0.2) is 11.2 Å². The number of aryl methyl sites for hydroxylation is 1. The molecule has 0 aromatic heterocycles. The van der Waals surface area contributed by atoms with Crippen molar-refractivity contribution in [2.75, 3.05) is 0 Å². The van der Waals surface area contributed by atoms with Gasteiger partial charge in [0.15, 0.2) is 0 Å². The van der Waals surface area contributed by atoms with Crippen LogP contribution in [0.25, 0.3) is 0 Å². The van der Waals surface area contributed by atoms with Crippen molar-refractivity contribution in [2.45, 2.75) is 25.5 Å². The molecule has 0 spiro atoms. The first-order valence-corrected chi connectivity index (χ1v) is 6.80. The molecule has 0 saturated heterocycles. The van der Waals surface area contributed by atoms with Crippen LogP contribution in [-0.2, 0) is 6.42 Å². The zero-order valence-electron chi connectivity index (χ0n) is 11.6. The van der Waals surface area contributed by atoms with E-state index in [4.69, 9.17) is 17.3 Å². The number of benzene rings is 2. The molecular formula is C16H18Cl2FNO. The van der Waals surface area contributed by atoms with Crippen LogP contribution in [0.4, 0.5) is 4.39 Å². The van der Waals surface area contributed by atoms with Crippen molar-refractivity contribution in [3.05, 3.63) is 70.0 Å². The number of halogens is 3. The van der Waals surface area contributed by atoms with E-state index in [0.29, 0.717) is 6.42 Å². The molecular weight excluding hydrogens is 312 g/mol. The number of rotatable bonds is 4. The first-order valence-electron chi connectivity index (χ1n) is 6.42. The summed E-state index contributed by atoms with van der Waals surface area (Å²) in [5.41, 5.74) is 7.84. The lowest BCUT2D eigenvalue weighted by molar-refractivity contribution is 0.143. The molecule has 21 heavy (non-hydrogen) atoms. The van der Waals surface area contributed by atoms with E-state index >= 15 is 0 Å². The Kier molecular flexibility index (Phi) is 6.62. The lowest BCUT2D eigenvalue weighted by Crippen LogP contribution is -2.29. The van der Waals surface area contributed by atoms with Crippen LogP contribution in [0.2, 0.25) is 5.02 Å². The molecule has 0 fully saturated rings. The number of nitrogens with two attached hydrogens (primary N) is 1. The second-order valence-electron chi connectivity index (χ2n) is 4.87. The smallest absolute Gasteiger partial charge is 0.129 e. The third-order valence-electron chi connectivity index (χ3n) is 3.36. The van der Waals surface area contributed by atoms with E-state index in [9.17, 15) is 9.50 Å². The van der Waals surface area contributed by atoms with E-state index < -0.39 is 18.0 Å². The number of aliphatic hydroxyl groups excluding tert-OH is 1. The van der Waals surface area contributed by atoms with Crippen molar-refractivity contribution in [1.29, 1.82) is 0 Å². The van der Waals surface area contributed by atoms with Gasteiger partial charge in [0.2, 0.25) is 0 Å². The minimum absolute atomic E-state index is 0. The molecule has 0 aliphatic rings. The van der Waals surface area contributed by atoms with Gasteiger partial charge in [-0.1, -0.05) is 48.0 Å². The van der Waals surface area contributed by atoms with E-state index in [2.05, 4.69) is 0 Å². The molecule has 0 saturated carbocycles. The van der Waals surface area contributed by atoms with Crippen molar-refractivity contribution in [3.63, 3.8) is 0 Å². The lowest BCUT2D eigenvalue weighted by atomic mass is 9.95. The summed E-state index contributed by atoms with van der Waals surface area (Å²) in [5.74, 6) is -0.486. The average Bonchev–Trinajstić information content (AvgIpc) is 2.44. The normalized spacial score (nSPS) is 13.4. The average molecular weight is 330 g/mol. The van der Waals surface area contributed by atoms with Crippen molar-refractivity contribution in [2.24, 2.45) is 5.73 Å². The summed E-state index contributed by atoms with van der Waals surface area (Å²) in [6.07, 6.45) is -0.544. The fourth-order valence-electron chi connectivity index (χ4n) is 2.16. The molecule has 114 valence electrons. The maximum atomic E-state index is 13.9. The van der Waals surface area contributed by atoms with Gasteiger partial charge in [-0.3, -0.25) is 0 Å². The van der Waals surface area contributed by atoms with Crippen LogP contribution in [0.15, 0.2) is 42.5 Å². The van der Waals surface area contributed by atoms with E-state index in [1.54, 1.807) is 13.0 Å². The van der Waals surface area contributed by atoms with E-state index in [1.165, 1.54) is 6.07 Å². The summed E-state index contributed by atoms with van der Waals surface area (Å²) in [6, 6.07) is 11.5. The van der Waals surface area contributed by atoms with E-state index in [1.807, 2.05) is 30.3 Å². The van der Waals surface area contributed by atoms with Gasteiger partial charge < -0.3 is 10.8 Å². The van der Waals surface area contributed by atoms with Crippen LogP contribution in [0.5, 0.6) is 0 Å². The zero-order valence-corrected chi connectivity index (χ0v) is 13.2. The molecule has 3 N–H and O–H groups in total. The fourth-order valence-corrected chi connectivity index (χ4v) is 2.44. The Morgan fingerprint density at radius 2 is 1.81 bits per heavy atom. The van der Waals surface area contributed by atoms with Gasteiger partial charge in [0.1, 0.15) is 5.82 Å². The Labute approximate surface area is 135 Å². The molecule has 0 amide bonds. The minimum atomic E-state index is -0.897. The summed E-state index contributed by atoms with van der Waals surface area (Å²) >= 11 is 6.11. The maximum absolute atomic E-state index is 13.9. The van der Waals surface area contributed by atoms with Gasteiger partial charge in [-0.2, -0.15) is 0 Å². The van der Waals surface area contributed by atoms with Crippen LogP contribution in [0.1, 0.15) is 22.7 Å². The topological polar surface area (TPSA) is 46.2 Å². The molecule has 2 aromatic rings. The quantitative estimate of drug-likeness (QED) is 0.895. The number of hydrogen-bond acceptors (Lipinski definition) is 2. The van der Waals surface area contributed by atoms with Crippen LogP contribution in [0, 0.1) is 12.7 Å². The van der Waals surface area contributed by atoms with Gasteiger partial charge in [-0.25, -0.2) is 4.39 Å². The van der Waals surface area contributed by atoms with E-state index in [-0.39, 0.29) is 23.0 Å². The van der Waals surface area contributed by atoms with Gasteiger partial charge >= 0.3 is 0 Å². The zero-order chi connectivity index (χ0) is 14.7. The molecule has 0 aliphatic carbocycles. The Balaban J connectivity index is 0.00000220. The predicted octanol–water partition coefficient (Wildman–Crippen LogP) is 3.81. The summed E-state index contributed by atoms with van der Waals surface area (Å²) in [6.45, 7) is 1.78. The molecule has 2 nitrogen and oxygen atoms in total. The van der Waals surface area contributed by atoms with Crippen molar-refractivity contribution in [1.82, 2.24) is 0 Å². The fraction of sp³-hybridized carbons (Fsp3) is 0.250. The molecule has 0 heterocycles. The molecule has 0 radical (unpaired) electrons. The lowest BCUT2D eigenvalue weighted by Gasteiger charge is -2.21. The molecule has 0 bridgehead atoms. The largest absolute Gasteiger partial charge is 0.391 e. The third-order valence-corrected chi connectivity index (χ3v) is 3.86. The van der Waals surface area contributed by atoms with Crippen molar-refractivity contribution >= 4 is 24.0 Å². The highest BCUT2D eigenvalue weighted by Crippen LogP contribution is 2.30. The Bertz CT molecular complexity index is 592. The van der Waals surface area contributed by atoms with Crippen LogP contribution < -0.4 is 5.73 Å². The molecule has 2 aromatic carbocycles. The molecule has 0 unspecified atom stereocenters. The van der Waals surface area contributed by atoms with Gasteiger partial charge in [0, 0.05) is 12.0 Å². The van der Waals surface area contributed by atoms with Gasteiger partial charge in [0.05, 0.1) is 17.2 Å². The summed E-state index contributed by atoms with van der Waals surface area (Å²) < 4.78 is 13.9. The highest BCUT2D eigenvalue weighted by atomic mass is 35.5. The predicted molar refractivity (Wildman–Crippen MR) is 86.5 cm³/mol. The van der Waals surface area contributed by atoms with Crippen molar-refractivity contribution in [3.8, 4) is 0 Å². The molecule has 5 heteroatoms. The van der Waals surface area contributed by atoms with Gasteiger partial charge in [-0.15, -0.1) is 12.4 Å². The standard InChI is InChI=1S/C16H17ClFNO.ClH/c1-10-7-8-12(18)14(15(10)17)16(19)13(20)9-11-5-3-2-4-6-11;/h2-8,13,16,20H,9,19H2,1H3;1H/t13-,16-;/m0./s1. The summed E-state index contributed by atoms with van der Waals surface area (Å²) in [5, 5.41) is 10.5. The first kappa shape index (κ1) is 17.9. The highest BCUT2D eigenvalue weighted by molar-refractivity contribution is 6.32. The summed E-state index contributed by atoms with van der Waals surface area (Å²) in [7, 11) is 0. The Hall–Kier alpha value is -1.13. The Morgan fingerprint density at radius 3 is 2.43 bits per heavy atom. The number of hydrogen-bond donors (Lipinski definition) is 2. The second kappa shape index (κ2) is 7.76. The SMILES string of the molecule is Cc1ccc(F)c([C@@H](N)[C@@H](O)Cc2ccccc2)c1Cl.Cl. The Morgan fingerprint density at radius 1 is 1.19 bits per heavy atom. The second-order valence-corrected chi connectivity index (χ2v) is 5.25. The number of aliphatic hydroxyl groups is 1. The van der Waals surface area contributed by atoms with Crippen LogP contribution in [0.3, 0.4) is 0 Å². The van der Waals surface area contributed by atoms with Gasteiger partial charge in [0.25, 0.3) is 0 Å². The van der Waals surface area contributed by atoms with E-state index in [0.717, 1.165) is 11.1 Å². The highest BCUT2D eigenvalue weighted by Gasteiger charge is 2.23. The third kappa shape index (κ3) is 4.17. The maximum Gasteiger partial charge on any atom is 0.129 e. The van der Waals surface area contributed by atoms with Crippen LogP contribution >= 0.6 is 24.0 Å². The minimum Gasteiger partial charge on any atom is -0.391 e. The monoisotopic (exact) mass is 329 g/mol. The molecule has 2 rings (SSSR count). The summed E-state index contributed by atoms with van der Waals surface area (Å²) in [4.78, 5) is 0. The van der Waals surface area contributed by atoms with Crippen molar-refractivity contribution < 1.29 is 9.50 Å². The molecule has 0 aliphatic heterocycles. The first-order chi connectivity index (χ1) is 9.50.